The lowest BCUT2D eigenvalue weighted by Crippen LogP contribution is -2.39. The third-order valence-corrected chi connectivity index (χ3v) is 4.06. The quantitative estimate of drug-likeness (QED) is 0.882. The van der Waals surface area contributed by atoms with Crippen LogP contribution in [0.3, 0.4) is 0 Å². The van der Waals surface area contributed by atoms with Crippen LogP contribution >= 0.6 is 12.2 Å². The number of ether oxygens (including phenoxy) is 1. The summed E-state index contributed by atoms with van der Waals surface area (Å²) in [7, 11) is 0. The first-order valence-corrected chi connectivity index (χ1v) is 7.43. The Labute approximate surface area is 123 Å². The van der Waals surface area contributed by atoms with E-state index in [9.17, 15) is 0 Å². The van der Waals surface area contributed by atoms with Crippen LogP contribution in [0.15, 0.2) is 12.3 Å². The lowest BCUT2D eigenvalue weighted by atomic mass is 10.2. The lowest BCUT2D eigenvalue weighted by molar-refractivity contribution is 0.0327. The zero-order valence-electron chi connectivity index (χ0n) is 11.9. The van der Waals surface area contributed by atoms with Crippen LogP contribution in [0.2, 0.25) is 0 Å². The largest absolute Gasteiger partial charge is 0.379 e. The van der Waals surface area contributed by atoms with Crippen LogP contribution in [0.5, 0.6) is 0 Å². The number of aromatic amines is 1. The lowest BCUT2D eigenvalue weighted by Gasteiger charge is -2.29. The molecule has 1 saturated heterocycles. The number of nitrogens with zero attached hydrogens (tertiary/aromatic N) is 3. The molecule has 0 aliphatic carbocycles. The number of H-pyrrole nitrogens is 1. The Morgan fingerprint density at radius 1 is 1.45 bits per heavy atom. The van der Waals surface area contributed by atoms with Gasteiger partial charge in [0.2, 0.25) is 0 Å². The number of fused-ring (bicyclic) bond motifs is 1. The summed E-state index contributed by atoms with van der Waals surface area (Å²) in [6.45, 7) is 8.84. The Hall–Kier alpha value is -1.24. The minimum absolute atomic E-state index is 0.296. The highest BCUT2D eigenvalue weighted by Gasteiger charge is 2.17. The van der Waals surface area contributed by atoms with E-state index in [4.69, 9.17) is 17.0 Å². The van der Waals surface area contributed by atoms with Gasteiger partial charge in [0, 0.05) is 31.9 Å². The zero-order chi connectivity index (χ0) is 14.1. The molecule has 1 aliphatic rings. The maximum atomic E-state index is 5.46. The Morgan fingerprint density at radius 2 is 2.20 bits per heavy atom. The van der Waals surface area contributed by atoms with Crippen LogP contribution in [0, 0.1) is 11.7 Å². The third-order valence-electron chi connectivity index (χ3n) is 3.76. The summed E-state index contributed by atoms with van der Waals surface area (Å²) in [5.41, 5.74) is 3.10. The minimum atomic E-state index is 0.296. The smallest absolute Gasteiger partial charge is 0.179 e. The first-order valence-electron chi connectivity index (χ1n) is 7.02. The third kappa shape index (κ3) is 2.63. The van der Waals surface area contributed by atoms with Gasteiger partial charge in [-0.1, -0.05) is 0 Å². The summed E-state index contributed by atoms with van der Waals surface area (Å²) in [5.74, 6) is 0. The number of aromatic nitrogens is 3. The van der Waals surface area contributed by atoms with Crippen LogP contribution < -0.4 is 0 Å². The van der Waals surface area contributed by atoms with Crippen molar-refractivity contribution in [1.29, 1.82) is 0 Å². The van der Waals surface area contributed by atoms with Gasteiger partial charge in [-0.2, -0.15) is 0 Å². The fraction of sp³-hybridized carbons (Fsp3) is 0.571. The molecule has 1 aliphatic heterocycles. The Balaban J connectivity index is 1.88. The molecule has 1 unspecified atom stereocenters. The molecular formula is C14H20N4OS. The number of nitrogens with one attached hydrogen (secondary N) is 1. The number of imidazole rings is 1. The van der Waals surface area contributed by atoms with Crippen molar-refractivity contribution in [2.24, 2.45) is 0 Å². The van der Waals surface area contributed by atoms with Gasteiger partial charge in [-0.3, -0.25) is 9.47 Å². The zero-order valence-corrected chi connectivity index (χ0v) is 12.7. The molecule has 6 heteroatoms. The molecular weight excluding hydrogens is 272 g/mol. The molecule has 0 spiro atoms. The molecule has 1 N–H and O–H groups in total. The SMILES string of the molecule is Cc1cnc2c(c1)[nH]c(=S)n2C(C)CN1CCOCC1. The molecule has 3 heterocycles. The summed E-state index contributed by atoms with van der Waals surface area (Å²) in [6.07, 6.45) is 1.89. The highest BCUT2D eigenvalue weighted by Crippen LogP contribution is 2.19. The molecule has 20 heavy (non-hydrogen) atoms. The standard InChI is InChI=1S/C14H20N4OS/c1-10-7-12-13(15-8-10)18(14(20)16-12)11(2)9-17-3-5-19-6-4-17/h7-8,11H,3-6,9H2,1-2H3,(H,16,20). The monoisotopic (exact) mass is 292 g/mol. The average molecular weight is 292 g/mol. The Kier molecular flexibility index (Phi) is 3.87. The van der Waals surface area contributed by atoms with Crippen molar-refractivity contribution in [1.82, 2.24) is 19.4 Å². The highest BCUT2D eigenvalue weighted by atomic mass is 32.1. The van der Waals surface area contributed by atoms with Crippen molar-refractivity contribution in [2.45, 2.75) is 19.9 Å². The first kappa shape index (κ1) is 13.7. The molecule has 2 aromatic heterocycles. The number of pyridine rings is 1. The van der Waals surface area contributed by atoms with Crippen LogP contribution in [-0.4, -0.2) is 52.3 Å². The summed E-state index contributed by atoms with van der Waals surface area (Å²) >= 11 is 5.46. The number of hydrogen-bond donors (Lipinski definition) is 1. The van der Waals surface area contributed by atoms with E-state index in [-0.39, 0.29) is 0 Å². The van der Waals surface area contributed by atoms with E-state index in [0.717, 1.165) is 54.3 Å². The predicted molar refractivity (Wildman–Crippen MR) is 81.6 cm³/mol. The molecule has 3 rings (SSSR count). The second-order valence-corrected chi connectivity index (χ2v) is 5.83. The van der Waals surface area contributed by atoms with E-state index in [1.165, 1.54) is 0 Å². The summed E-state index contributed by atoms with van der Waals surface area (Å²) in [6, 6.07) is 2.39. The molecule has 1 fully saturated rings. The second kappa shape index (κ2) is 5.63. The van der Waals surface area contributed by atoms with Crippen molar-refractivity contribution in [3.8, 4) is 0 Å². The Morgan fingerprint density at radius 3 is 2.95 bits per heavy atom. The van der Waals surface area contributed by atoms with Gasteiger partial charge in [-0.05, 0) is 37.7 Å². The molecule has 1 atom stereocenters. The van der Waals surface area contributed by atoms with E-state index >= 15 is 0 Å². The van der Waals surface area contributed by atoms with Crippen molar-refractivity contribution in [3.05, 3.63) is 22.6 Å². The number of hydrogen-bond acceptors (Lipinski definition) is 4. The van der Waals surface area contributed by atoms with Crippen LogP contribution in [0.4, 0.5) is 0 Å². The molecule has 108 valence electrons. The predicted octanol–water partition coefficient (Wildman–Crippen LogP) is 2.30. The molecule has 0 radical (unpaired) electrons. The van der Waals surface area contributed by atoms with Gasteiger partial charge in [-0.25, -0.2) is 4.98 Å². The van der Waals surface area contributed by atoms with Crippen molar-refractivity contribution < 1.29 is 4.74 Å². The molecule has 0 amide bonds. The summed E-state index contributed by atoms with van der Waals surface area (Å²) < 4.78 is 8.27. The van der Waals surface area contributed by atoms with Crippen LogP contribution in [-0.2, 0) is 4.74 Å². The molecule has 2 aromatic rings. The molecule has 0 aromatic carbocycles. The summed E-state index contributed by atoms with van der Waals surface area (Å²) in [4.78, 5) is 10.2. The van der Waals surface area contributed by atoms with Crippen molar-refractivity contribution >= 4 is 23.4 Å². The van der Waals surface area contributed by atoms with Gasteiger partial charge in [0.1, 0.15) is 0 Å². The number of morpholine rings is 1. The van der Waals surface area contributed by atoms with Crippen LogP contribution in [0.25, 0.3) is 11.2 Å². The topological polar surface area (TPSA) is 46.1 Å². The average Bonchev–Trinajstić information content (AvgIpc) is 2.74. The van der Waals surface area contributed by atoms with E-state index in [1.807, 2.05) is 13.1 Å². The molecule has 0 saturated carbocycles. The maximum absolute atomic E-state index is 5.46. The Bertz CT molecular complexity index is 657. The normalized spacial score (nSPS) is 18.5. The van der Waals surface area contributed by atoms with E-state index in [1.54, 1.807) is 0 Å². The summed E-state index contributed by atoms with van der Waals surface area (Å²) in [5, 5.41) is 0. The van der Waals surface area contributed by atoms with Crippen molar-refractivity contribution in [2.75, 3.05) is 32.8 Å². The first-order chi connectivity index (χ1) is 9.65. The van der Waals surface area contributed by atoms with E-state index in [2.05, 4.69) is 32.4 Å². The second-order valence-electron chi connectivity index (χ2n) is 5.45. The van der Waals surface area contributed by atoms with E-state index < -0.39 is 0 Å². The van der Waals surface area contributed by atoms with Crippen LogP contribution in [0.1, 0.15) is 18.5 Å². The molecule has 5 nitrogen and oxygen atoms in total. The molecule has 0 bridgehead atoms. The fourth-order valence-corrected chi connectivity index (χ4v) is 3.14. The van der Waals surface area contributed by atoms with Gasteiger partial charge in [-0.15, -0.1) is 0 Å². The van der Waals surface area contributed by atoms with Gasteiger partial charge in [0.05, 0.1) is 18.7 Å². The fourth-order valence-electron chi connectivity index (χ4n) is 2.77. The maximum Gasteiger partial charge on any atom is 0.179 e. The number of rotatable bonds is 3. The highest BCUT2D eigenvalue weighted by molar-refractivity contribution is 7.71. The van der Waals surface area contributed by atoms with Gasteiger partial charge < -0.3 is 9.72 Å². The van der Waals surface area contributed by atoms with Gasteiger partial charge in [0.25, 0.3) is 0 Å². The van der Waals surface area contributed by atoms with Gasteiger partial charge in [0.15, 0.2) is 10.4 Å². The van der Waals surface area contributed by atoms with E-state index in [0.29, 0.717) is 6.04 Å². The number of aryl methyl sites for hydroxylation is 1. The van der Waals surface area contributed by atoms with Gasteiger partial charge >= 0.3 is 0 Å². The van der Waals surface area contributed by atoms with Crippen molar-refractivity contribution in [3.63, 3.8) is 0 Å². The minimum Gasteiger partial charge on any atom is -0.379 e.